The largest absolute Gasteiger partial charge is 0.463 e. The molecule has 0 bridgehead atoms. The Morgan fingerprint density at radius 2 is 2.14 bits per heavy atom. The number of nitrogens with one attached hydrogen (secondary N) is 1. The van der Waals surface area contributed by atoms with Gasteiger partial charge in [0.1, 0.15) is 16.3 Å². The van der Waals surface area contributed by atoms with Gasteiger partial charge in [0.05, 0.1) is 29.1 Å². The maximum Gasteiger partial charge on any atom is 0.189 e. The summed E-state index contributed by atoms with van der Waals surface area (Å²) < 4.78 is 6.68. The van der Waals surface area contributed by atoms with Crippen LogP contribution in [0.3, 0.4) is 0 Å². The normalized spacial score (nSPS) is 14.6. The molecule has 0 fully saturated rings. The fraction of sp³-hybridized carbons (Fsp3) is 0.381. The Kier molecular flexibility index (Phi) is 4.93. The molecule has 0 saturated heterocycles. The van der Waals surface area contributed by atoms with E-state index in [2.05, 4.69) is 12.2 Å². The van der Waals surface area contributed by atoms with Gasteiger partial charge >= 0.3 is 0 Å². The number of anilines is 1. The average Bonchev–Trinajstić information content (AvgIpc) is 3.49. The minimum atomic E-state index is -0.0367. The molecule has 0 radical (unpaired) electrons. The number of fused-ring (bicyclic) bond motifs is 5. The molecular formula is C21H22N4O2S2. The second-order valence-electron chi connectivity index (χ2n) is 7.20. The van der Waals surface area contributed by atoms with Crippen molar-refractivity contribution in [2.24, 2.45) is 0 Å². The van der Waals surface area contributed by atoms with E-state index in [4.69, 9.17) is 19.4 Å². The molecule has 0 amide bonds. The van der Waals surface area contributed by atoms with E-state index in [9.17, 15) is 5.11 Å². The Hall–Kier alpha value is -2.16. The molecule has 0 aromatic carbocycles. The number of furan rings is 1. The van der Waals surface area contributed by atoms with Crippen molar-refractivity contribution in [2.45, 2.75) is 43.8 Å². The lowest BCUT2D eigenvalue weighted by Gasteiger charge is -2.15. The SMILES string of the molecule is CCC(CO)Nc1nc(SC)nc2c1sc1nc(-c3ccco3)c3c(c12)CCC3. The molecule has 5 rings (SSSR count). The number of rotatable bonds is 6. The molecule has 1 atom stereocenters. The van der Waals surface area contributed by atoms with Gasteiger partial charge in [0.2, 0.25) is 0 Å². The average molecular weight is 427 g/mol. The maximum atomic E-state index is 9.66. The predicted molar refractivity (Wildman–Crippen MR) is 119 cm³/mol. The number of pyridine rings is 1. The zero-order valence-electron chi connectivity index (χ0n) is 16.4. The molecule has 0 aliphatic heterocycles. The molecule has 4 heterocycles. The molecule has 4 aromatic rings. The van der Waals surface area contributed by atoms with Crippen LogP contribution >= 0.6 is 23.1 Å². The highest BCUT2D eigenvalue weighted by molar-refractivity contribution is 7.98. The van der Waals surface area contributed by atoms with E-state index in [1.807, 2.05) is 18.4 Å². The summed E-state index contributed by atoms with van der Waals surface area (Å²) in [5.74, 6) is 1.61. The number of aromatic nitrogens is 3. The van der Waals surface area contributed by atoms with E-state index in [0.717, 1.165) is 68.5 Å². The van der Waals surface area contributed by atoms with Gasteiger partial charge in [0.15, 0.2) is 10.9 Å². The third-order valence-corrected chi connectivity index (χ3v) is 7.13. The zero-order chi connectivity index (χ0) is 20.0. The van der Waals surface area contributed by atoms with Crippen molar-refractivity contribution in [3.63, 3.8) is 0 Å². The van der Waals surface area contributed by atoms with Crippen LogP contribution in [-0.2, 0) is 12.8 Å². The van der Waals surface area contributed by atoms with Gasteiger partial charge < -0.3 is 14.8 Å². The van der Waals surface area contributed by atoms with Gasteiger partial charge in [0, 0.05) is 5.39 Å². The summed E-state index contributed by atoms with van der Waals surface area (Å²) in [6, 6.07) is 3.85. The molecule has 0 spiro atoms. The molecule has 4 aromatic heterocycles. The Morgan fingerprint density at radius 1 is 1.28 bits per heavy atom. The highest BCUT2D eigenvalue weighted by Gasteiger charge is 2.26. The highest BCUT2D eigenvalue weighted by Crippen LogP contribution is 2.44. The zero-order valence-corrected chi connectivity index (χ0v) is 18.0. The van der Waals surface area contributed by atoms with Crippen LogP contribution in [0.1, 0.15) is 30.9 Å². The quantitative estimate of drug-likeness (QED) is 0.335. The molecule has 1 aliphatic carbocycles. The number of thiophene rings is 1. The van der Waals surface area contributed by atoms with E-state index in [0.29, 0.717) is 0 Å². The molecule has 29 heavy (non-hydrogen) atoms. The summed E-state index contributed by atoms with van der Waals surface area (Å²) >= 11 is 3.15. The van der Waals surface area contributed by atoms with Gasteiger partial charge in [-0.3, -0.25) is 0 Å². The molecule has 6 nitrogen and oxygen atoms in total. The third kappa shape index (κ3) is 3.10. The summed E-state index contributed by atoms with van der Waals surface area (Å²) in [4.78, 5) is 15.6. The topological polar surface area (TPSA) is 84.1 Å². The smallest absolute Gasteiger partial charge is 0.189 e. The van der Waals surface area contributed by atoms with E-state index < -0.39 is 0 Å². The lowest BCUT2D eigenvalue weighted by Crippen LogP contribution is -2.23. The van der Waals surface area contributed by atoms with Gasteiger partial charge in [0.25, 0.3) is 0 Å². The highest BCUT2D eigenvalue weighted by atomic mass is 32.2. The van der Waals surface area contributed by atoms with Crippen molar-refractivity contribution in [1.29, 1.82) is 0 Å². The number of aryl methyl sites for hydroxylation is 1. The first-order valence-corrected chi connectivity index (χ1v) is 11.9. The first-order chi connectivity index (χ1) is 14.2. The molecule has 8 heteroatoms. The van der Waals surface area contributed by atoms with Crippen molar-refractivity contribution in [2.75, 3.05) is 18.2 Å². The molecule has 2 N–H and O–H groups in total. The Morgan fingerprint density at radius 3 is 2.86 bits per heavy atom. The second kappa shape index (κ2) is 7.59. The van der Waals surface area contributed by atoms with Crippen molar-refractivity contribution in [1.82, 2.24) is 15.0 Å². The lowest BCUT2D eigenvalue weighted by molar-refractivity contribution is 0.271. The minimum Gasteiger partial charge on any atom is -0.463 e. The summed E-state index contributed by atoms with van der Waals surface area (Å²) in [5.41, 5.74) is 4.55. The standard InChI is InChI=1S/C21H22N4O2S2/c1-3-11(10-26)22-19-18-17(24-21(25-19)28-2)15-12-6-4-7-13(12)16(23-20(15)29-18)14-8-5-9-27-14/h5,8-9,11,26H,3-4,6-7,10H2,1-2H3,(H,22,24,25). The molecular weight excluding hydrogens is 404 g/mol. The van der Waals surface area contributed by atoms with Crippen LogP contribution in [0.25, 0.3) is 31.9 Å². The molecule has 1 aliphatic rings. The van der Waals surface area contributed by atoms with Gasteiger partial charge in [-0.05, 0) is 55.2 Å². The van der Waals surface area contributed by atoms with Crippen molar-refractivity contribution in [3.8, 4) is 11.5 Å². The van der Waals surface area contributed by atoms with Gasteiger partial charge in [-0.2, -0.15) is 0 Å². The third-order valence-electron chi connectivity index (χ3n) is 5.50. The van der Waals surface area contributed by atoms with Crippen LogP contribution < -0.4 is 5.32 Å². The summed E-state index contributed by atoms with van der Waals surface area (Å²) in [5, 5.41) is 15.0. The van der Waals surface area contributed by atoms with E-state index in [1.165, 1.54) is 22.9 Å². The van der Waals surface area contributed by atoms with E-state index in [1.54, 1.807) is 17.6 Å². The monoisotopic (exact) mass is 426 g/mol. The van der Waals surface area contributed by atoms with Gasteiger partial charge in [-0.15, -0.1) is 11.3 Å². The van der Waals surface area contributed by atoms with E-state index >= 15 is 0 Å². The fourth-order valence-electron chi connectivity index (χ4n) is 4.02. The number of aliphatic hydroxyl groups is 1. The summed E-state index contributed by atoms with van der Waals surface area (Å²) in [7, 11) is 0. The van der Waals surface area contributed by atoms with Crippen molar-refractivity contribution < 1.29 is 9.52 Å². The number of hydrogen-bond acceptors (Lipinski definition) is 8. The van der Waals surface area contributed by atoms with Gasteiger partial charge in [-0.1, -0.05) is 18.7 Å². The van der Waals surface area contributed by atoms with Crippen molar-refractivity contribution >= 4 is 49.3 Å². The lowest BCUT2D eigenvalue weighted by atomic mass is 10.0. The van der Waals surface area contributed by atoms with Crippen LogP contribution in [-0.4, -0.2) is 39.0 Å². The maximum absolute atomic E-state index is 9.66. The van der Waals surface area contributed by atoms with Crippen LogP contribution in [0, 0.1) is 0 Å². The first kappa shape index (κ1) is 18.8. The molecule has 1 unspecified atom stereocenters. The van der Waals surface area contributed by atoms with Crippen LogP contribution in [0.15, 0.2) is 28.0 Å². The van der Waals surface area contributed by atoms with Crippen LogP contribution in [0.2, 0.25) is 0 Å². The molecule has 0 saturated carbocycles. The first-order valence-electron chi connectivity index (χ1n) is 9.84. The fourth-order valence-corrected chi connectivity index (χ4v) is 5.49. The Bertz CT molecular complexity index is 1180. The number of thioether (sulfide) groups is 1. The molecule has 150 valence electrons. The Balaban J connectivity index is 1.80. The van der Waals surface area contributed by atoms with Crippen LogP contribution in [0.5, 0.6) is 0 Å². The van der Waals surface area contributed by atoms with Crippen molar-refractivity contribution in [3.05, 3.63) is 29.5 Å². The summed E-state index contributed by atoms with van der Waals surface area (Å²) in [6.07, 6.45) is 7.67. The van der Waals surface area contributed by atoms with Gasteiger partial charge in [-0.25, -0.2) is 15.0 Å². The second-order valence-corrected chi connectivity index (χ2v) is 8.97. The van der Waals surface area contributed by atoms with Crippen LogP contribution in [0.4, 0.5) is 5.82 Å². The Labute approximate surface area is 176 Å². The van der Waals surface area contributed by atoms with E-state index in [-0.39, 0.29) is 12.6 Å². The number of nitrogens with zero attached hydrogens (tertiary/aromatic N) is 3. The number of hydrogen-bond donors (Lipinski definition) is 2. The minimum absolute atomic E-state index is 0.0367. The predicted octanol–water partition coefficient (Wildman–Crippen LogP) is 4.89. The summed E-state index contributed by atoms with van der Waals surface area (Å²) in [6.45, 7) is 2.12. The number of aliphatic hydroxyl groups excluding tert-OH is 1.